The summed E-state index contributed by atoms with van der Waals surface area (Å²) in [6.45, 7) is 0.530. The van der Waals surface area contributed by atoms with E-state index in [2.05, 4.69) is 16.9 Å². The lowest BCUT2D eigenvalue weighted by molar-refractivity contribution is 0.290. The molecule has 0 unspecified atom stereocenters. The van der Waals surface area contributed by atoms with Crippen molar-refractivity contribution in [2.45, 2.75) is 6.61 Å². The third-order valence-corrected chi connectivity index (χ3v) is 2.42. The molecular weight excluding hydrogens is 245 g/mol. The normalized spacial score (nSPS) is 9.84. The van der Waals surface area contributed by atoms with Crippen molar-refractivity contribution in [2.75, 3.05) is 6.54 Å². The zero-order valence-corrected chi connectivity index (χ0v) is 10.6. The predicted molar refractivity (Wildman–Crippen MR) is 69.9 cm³/mol. The van der Waals surface area contributed by atoms with Gasteiger partial charge in [0.25, 0.3) is 0 Å². The highest BCUT2D eigenvalue weighted by Crippen LogP contribution is 2.19. The molecule has 0 spiro atoms. The fraction of sp³-hybridized carbons (Fsp3) is 0.214. The summed E-state index contributed by atoms with van der Waals surface area (Å²) in [4.78, 5) is 0. The fourth-order valence-electron chi connectivity index (χ4n) is 1.55. The molecule has 2 aromatic rings. The van der Waals surface area contributed by atoms with Gasteiger partial charge in [-0.05, 0) is 18.2 Å². The molecule has 5 heteroatoms. The van der Waals surface area contributed by atoms with E-state index < -0.39 is 5.82 Å². The van der Waals surface area contributed by atoms with Crippen LogP contribution in [-0.2, 0) is 13.7 Å². The van der Waals surface area contributed by atoms with Gasteiger partial charge in [0, 0.05) is 24.4 Å². The highest BCUT2D eigenvalue weighted by molar-refractivity contribution is 5.40. The Kier molecular flexibility index (Phi) is 4.16. The van der Waals surface area contributed by atoms with Crippen molar-refractivity contribution < 1.29 is 9.13 Å². The summed E-state index contributed by atoms with van der Waals surface area (Å²) >= 11 is 0. The first-order valence-corrected chi connectivity index (χ1v) is 5.78. The zero-order valence-electron chi connectivity index (χ0n) is 10.6. The third-order valence-electron chi connectivity index (χ3n) is 2.42. The molecule has 98 valence electrons. The molecule has 2 rings (SSSR count). The highest BCUT2D eigenvalue weighted by atomic mass is 19.1. The minimum Gasteiger partial charge on any atom is -0.486 e. The molecule has 0 atom stereocenters. The van der Waals surface area contributed by atoms with Crippen LogP contribution >= 0.6 is 0 Å². The van der Waals surface area contributed by atoms with E-state index in [1.807, 2.05) is 13.2 Å². The molecule has 0 aliphatic carbocycles. The Balaban J connectivity index is 2.10. The number of aromatic nitrogens is 2. The Hall–Kier alpha value is -2.32. The van der Waals surface area contributed by atoms with E-state index in [-0.39, 0.29) is 18.9 Å². The van der Waals surface area contributed by atoms with Gasteiger partial charge >= 0.3 is 0 Å². The van der Waals surface area contributed by atoms with Gasteiger partial charge in [0.15, 0.2) is 11.6 Å². The smallest absolute Gasteiger partial charge is 0.165 e. The van der Waals surface area contributed by atoms with Gasteiger partial charge in [0.05, 0.1) is 12.7 Å². The predicted octanol–water partition coefficient (Wildman–Crippen LogP) is 1.45. The van der Waals surface area contributed by atoms with Crippen LogP contribution in [0.5, 0.6) is 5.75 Å². The molecule has 0 saturated heterocycles. The standard InChI is InChI=1S/C14H14FN3O/c1-18-9-12(8-17-18)10-19-14-7-11(3-2-6-16)4-5-13(14)15/h4-5,7-9H,6,10,16H2,1H3. The first-order valence-electron chi connectivity index (χ1n) is 5.78. The zero-order chi connectivity index (χ0) is 13.7. The van der Waals surface area contributed by atoms with Gasteiger partial charge in [-0.25, -0.2) is 4.39 Å². The minimum atomic E-state index is -0.415. The minimum absolute atomic E-state index is 0.174. The van der Waals surface area contributed by atoms with E-state index in [4.69, 9.17) is 10.5 Å². The van der Waals surface area contributed by atoms with Crippen LogP contribution in [0, 0.1) is 17.7 Å². The van der Waals surface area contributed by atoms with Crippen LogP contribution in [0.15, 0.2) is 30.6 Å². The Morgan fingerprint density at radius 3 is 3.00 bits per heavy atom. The van der Waals surface area contributed by atoms with Crippen molar-refractivity contribution in [1.29, 1.82) is 0 Å². The molecular formula is C14H14FN3O. The van der Waals surface area contributed by atoms with E-state index in [0.717, 1.165) is 5.56 Å². The fourth-order valence-corrected chi connectivity index (χ4v) is 1.55. The molecule has 1 aromatic heterocycles. The van der Waals surface area contributed by atoms with E-state index in [1.54, 1.807) is 23.0 Å². The van der Waals surface area contributed by atoms with Crippen LogP contribution in [0.2, 0.25) is 0 Å². The van der Waals surface area contributed by atoms with Gasteiger partial charge in [-0.15, -0.1) is 0 Å². The quantitative estimate of drug-likeness (QED) is 0.849. The lowest BCUT2D eigenvalue weighted by atomic mass is 10.2. The van der Waals surface area contributed by atoms with Crippen LogP contribution in [0.25, 0.3) is 0 Å². The van der Waals surface area contributed by atoms with Crippen molar-refractivity contribution in [1.82, 2.24) is 9.78 Å². The van der Waals surface area contributed by atoms with Gasteiger partial charge in [0.2, 0.25) is 0 Å². The average molecular weight is 259 g/mol. The summed E-state index contributed by atoms with van der Waals surface area (Å²) in [6, 6.07) is 4.49. The van der Waals surface area contributed by atoms with Crippen molar-refractivity contribution in [3.05, 3.63) is 47.5 Å². The first-order chi connectivity index (χ1) is 9.19. The molecule has 19 heavy (non-hydrogen) atoms. The molecule has 2 N–H and O–H groups in total. The highest BCUT2D eigenvalue weighted by Gasteiger charge is 2.05. The molecule has 0 aliphatic heterocycles. The number of aryl methyl sites for hydroxylation is 1. The van der Waals surface area contributed by atoms with E-state index >= 15 is 0 Å². The van der Waals surface area contributed by atoms with Crippen molar-refractivity contribution in [2.24, 2.45) is 12.8 Å². The second-order valence-corrected chi connectivity index (χ2v) is 3.96. The number of rotatable bonds is 3. The molecule has 0 bridgehead atoms. The van der Waals surface area contributed by atoms with Gasteiger partial charge < -0.3 is 10.5 Å². The number of halogens is 1. The number of ether oxygens (including phenoxy) is 1. The van der Waals surface area contributed by atoms with E-state index in [9.17, 15) is 4.39 Å². The van der Waals surface area contributed by atoms with E-state index in [1.165, 1.54) is 6.07 Å². The number of hydrogen-bond donors (Lipinski definition) is 1. The molecule has 0 saturated carbocycles. The van der Waals surface area contributed by atoms with Crippen molar-refractivity contribution in [3.63, 3.8) is 0 Å². The maximum atomic E-state index is 13.6. The first kappa shape index (κ1) is 13.1. The second kappa shape index (κ2) is 6.03. The second-order valence-electron chi connectivity index (χ2n) is 3.96. The van der Waals surface area contributed by atoms with Crippen LogP contribution in [-0.4, -0.2) is 16.3 Å². The van der Waals surface area contributed by atoms with Gasteiger partial charge in [-0.3, -0.25) is 4.68 Å². The lowest BCUT2D eigenvalue weighted by Gasteiger charge is -2.06. The van der Waals surface area contributed by atoms with Crippen LogP contribution < -0.4 is 10.5 Å². The Labute approximate surface area is 111 Å². The largest absolute Gasteiger partial charge is 0.486 e. The maximum absolute atomic E-state index is 13.6. The molecule has 0 fully saturated rings. The van der Waals surface area contributed by atoms with Crippen molar-refractivity contribution in [3.8, 4) is 17.6 Å². The van der Waals surface area contributed by atoms with Gasteiger partial charge in [-0.1, -0.05) is 11.8 Å². The SMILES string of the molecule is Cn1cc(COc2cc(C#CCN)ccc2F)cn1. The molecule has 1 heterocycles. The molecule has 4 nitrogen and oxygen atoms in total. The lowest BCUT2D eigenvalue weighted by Crippen LogP contribution is -1.97. The van der Waals surface area contributed by atoms with Gasteiger partial charge in [0.1, 0.15) is 6.61 Å². The number of nitrogens with zero attached hydrogens (tertiary/aromatic N) is 2. The van der Waals surface area contributed by atoms with Crippen LogP contribution in [0.1, 0.15) is 11.1 Å². The summed E-state index contributed by atoms with van der Waals surface area (Å²) in [5, 5.41) is 4.02. The number of nitrogens with two attached hydrogens (primary N) is 1. The Morgan fingerprint density at radius 2 is 2.32 bits per heavy atom. The van der Waals surface area contributed by atoms with Gasteiger partial charge in [-0.2, -0.15) is 5.10 Å². The molecule has 0 amide bonds. The number of hydrogen-bond acceptors (Lipinski definition) is 3. The van der Waals surface area contributed by atoms with Crippen LogP contribution in [0.3, 0.4) is 0 Å². The third kappa shape index (κ3) is 3.57. The maximum Gasteiger partial charge on any atom is 0.165 e. The van der Waals surface area contributed by atoms with Crippen LogP contribution in [0.4, 0.5) is 4.39 Å². The summed E-state index contributed by atoms with van der Waals surface area (Å²) in [7, 11) is 1.81. The Morgan fingerprint density at radius 1 is 1.47 bits per heavy atom. The summed E-state index contributed by atoms with van der Waals surface area (Å²) in [5.74, 6) is 5.31. The molecule has 1 aromatic carbocycles. The number of benzene rings is 1. The molecule has 0 aliphatic rings. The average Bonchev–Trinajstić information content (AvgIpc) is 2.82. The summed E-state index contributed by atoms with van der Waals surface area (Å²) in [6.07, 6.45) is 3.49. The summed E-state index contributed by atoms with van der Waals surface area (Å²) in [5.41, 5.74) is 6.84. The summed E-state index contributed by atoms with van der Waals surface area (Å²) < 4.78 is 20.7. The molecule has 0 radical (unpaired) electrons. The topological polar surface area (TPSA) is 53.1 Å². The van der Waals surface area contributed by atoms with Crippen molar-refractivity contribution >= 4 is 0 Å². The van der Waals surface area contributed by atoms with E-state index in [0.29, 0.717) is 5.56 Å². The monoisotopic (exact) mass is 259 g/mol. The Bertz CT molecular complexity index is 625.